The first-order chi connectivity index (χ1) is 20.5. The fourth-order valence-corrected chi connectivity index (χ4v) is 5.63. The van der Waals surface area contributed by atoms with Gasteiger partial charge in [-0.3, -0.25) is 0 Å². The number of carbonyl (C=O) groups excluding carboxylic acids is 2. The Morgan fingerprint density at radius 3 is 0.581 bits per heavy atom. The van der Waals surface area contributed by atoms with Crippen LogP contribution in [0.25, 0.3) is 0 Å². The third-order valence-electron chi connectivity index (χ3n) is 8.47. The van der Waals surface area contributed by atoms with Crippen LogP contribution in [0.4, 0.5) is 0 Å². The van der Waals surface area contributed by atoms with Crippen molar-refractivity contribution in [2.24, 2.45) is 0 Å². The molecular formula is C38H74MgO4. The number of unbranched alkanes of at least 4 members (excludes halogenated alkanes) is 30. The molecule has 0 spiro atoms. The zero-order chi connectivity index (χ0) is 31.2. The Kier molecular flexibility index (Phi) is 48.0. The van der Waals surface area contributed by atoms with E-state index in [0.717, 1.165) is 25.7 Å². The Bertz CT molecular complexity index is 480. The molecule has 0 bridgehead atoms. The van der Waals surface area contributed by atoms with Gasteiger partial charge in [0.1, 0.15) is 0 Å². The second-order valence-corrected chi connectivity index (χ2v) is 12.9. The van der Waals surface area contributed by atoms with E-state index >= 15 is 0 Å². The Morgan fingerprint density at radius 2 is 0.442 bits per heavy atom. The molecule has 0 N–H and O–H groups in total. The van der Waals surface area contributed by atoms with Crippen molar-refractivity contribution in [1.82, 2.24) is 0 Å². The third kappa shape index (κ3) is 51.6. The predicted octanol–water partition coefficient (Wildman–Crippen LogP) is 10.4. The summed E-state index contributed by atoms with van der Waals surface area (Å²) in [6.07, 6.45) is 42.7. The van der Waals surface area contributed by atoms with Gasteiger partial charge >= 0.3 is 23.1 Å². The molecule has 0 radical (unpaired) electrons. The summed E-state index contributed by atoms with van der Waals surface area (Å²) in [5, 5.41) is 20.5. The number of aliphatic carboxylic acids is 2. The van der Waals surface area contributed by atoms with Crippen LogP contribution in [0.2, 0.25) is 0 Å². The smallest absolute Gasteiger partial charge is 0.550 e. The van der Waals surface area contributed by atoms with E-state index in [9.17, 15) is 19.8 Å². The first kappa shape index (κ1) is 47.1. The summed E-state index contributed by atoms with van der Waals surface area (Å²) in [5.74, 6) is -1.80. The minimum Gasteiger partial charge on any atom is -0.550 e. The van der Waals surface area contributed by atoms with Gasteiger partial charge in [0, 0.05) is 11.9 Å². The Balaban J connectivity index is -0.000000727. The molecule has 5 heteroatoms. The predicted molar refractivity (Wildman–Crippen MR) is 184 cm³/mol. The Hall–Kier alpha value is -0.294. The molecule has 0 heterocycles. The molecule has 0 unspecified atom stereocenters. The van der Waals surface area contributed by atoms with Gasteiger partial charge in [-0.15, -0.1) is 0 Å². The van der Waals surface area contributed by atoms with Crippen LogP contribution in [0.1, 0.15) is 232 Å². The molecule has 0 saturated carbocycles. The van der Waals surface area contributed by atoms with Crippen molar-refractivity contribution in [3.8, 4) is 0 Å². The topological polar surface area (TPSA) is 80.3 Å². The summed E-state index contributed by atoms with van der Waals surface area (Å²) < 4.78 is 0. The van der Waals surface area contributed by atoms with E-state index in [2.05, 4.69) is 13.8 Å². The molecule has 0 aliphatic rings. The molecular weight excluding hydrogens is 545 g/mol. The number of hydrogen-bond donors (Lipinski definition) is 0. The maximum Gasteiger partial charge on any atom is 2.00 e. The zero-order valence-corrected chi connectivity index (χ0v) is 30.8. The summed E-state index contributed by atoms with van der Waals surface area (Å²) in [4.78, 5) is 20.5. The minimum absolute atomic E-state index is 0. The van der Waals surface area contributed by atoms with Crippen LogP contribution in [0, 0.1) is 0 Å². The summed E-state index contributed by atoms with van der Waals surface area (Å²) in [5.41, 5.74) is 0. The van der Waals surface area contributed by atoms with Crippen LogP contribution in [-0.4, -0.2) is 35.0 Å². The molecule has 0 amide bonds. The summed E-state index contributed by atoms with van der Waals surface area (Å²) in [6.45, 7) is 4.54. The third-order valence-corrected chi connectivity index (χ3v) is 8.47. The van der Waals surface area contributed by atoms with Gasteiger partial charge in [-0.1, -0.05) is 206 Å². The molecule has 0 rings (SSSR count). The van der Waals surface area contributed by atoms with E-state index in [-0.39, 0.29) is 35.9 Å². The second kappa shape index (κ2) is 43.8. The molecule has 0 aromatic carbocycles. The van der Waals surface area contributed by atoms with E-state index in [1.807, 2.05) is 0 Å². The van der Waals surface area contributed by atoms with Gasteiger partial charge < -0.3 is 19.8 Å². The van der Waals surface area contributed by atoms with Gasteiger partial charge in [-0.05, 0) is 25.7 Å². The van der Waals surface area contributed by atoms with E-state index in [0.29, 0.717) is 0 Å². The molecule has 252 valence electrons. The number of carboxylic acid groups (broad SMARTS) is 2. The van der Waals surface area contributed by atoms with E-state index in [1.54, 1.807) is 0 Å². The van der Waals surface area contributed by atoms with E-state index in [1.165, 1.54) is 180 Å². The average molecular weight is 619 g/mol. The van der Waals surface area contributed by atoms with Crippen molar-refractivity contribution in [2.75, 3.05) is 0 Å². The quantitative estimate of drug-likeness (QED) is 0.0530. The van der Waals surface area contributed by atoms with Crippen LogP contribution >= 0.6 is 0 Å². The molecule has 0 aromatic rings. The SMILES string of the molecule is CCCCCCCCCCCCCCCCCCC(=O)[O-].CCCCCCCCCCCCCCCCCCC(=O)[O-].[Mg+2]. The molecule has 0 aliphatic carbocycles. The summed E-state index contributed by atoms with van der Waals surface area (Å²) in [7, 11) is 0. The van der Waals surface area contributed by atoms with Gasteiger partial charge in [0.15, 0.2) is 0 Å². The van der Waals surface area contributed by atoms with Gasteiger partial charge in [0.05, 0.1) is 0 Å². The first-order valence-corrected chi connectivity index (χ1v) is 18.9. The molecule has 0 aromatic heterocycles. The first-order valence-electron chi connectivity index (χ1n) is 18.9. The average Bonchev–Trinajstić information content (AvgIpc) is 2.97. The zero-order valence-electron chi connectivity index (χ0n) is 29.4. The Labute approximate surface area is 285 Å². The standard InChI is InChI=1S/2C19H38O2.Mg/c2*1-2-3-4-5-6-7-8-9-10-11-12-13-14-15-16-17-18-19(20)21;/h2*2-18H2,1H3,(H,20,21);/q;;+2/p-2. The number of rotatable bonds is 34. The second-order valence-electron chi connectivity index (χ2n) is 12.9. The molecule has 0 saturated heterocycles. The van der Waals surface area contributed by atoms with Crippen molar-refractivity contribution >= 4 is 35.0 Å². The maximum atomic E-state index is 10.2. The normalized spacial score (nSPS) is 10.7. The molecule has 43 heavy (non-hydrogen) atoms. The van der Waals surface area contributed by atoms with Crippen molar-refractivity contribution in [1.29, 1.82) is 0 Å². The van der Waals surface area contributed by atoms with Crippen LogP contribution in [0.3, 0.4) is 0 Å². The van der Waals surface area contributed by atoms with Crippen molar-refractivity contribution in [3.63, 3.8) is 0 Å². The largest absolute Gasteiger partial charge is 2.00 e. The summed E-state index contributed by atoms with van der Waals surface area (Å²) >= 11 is 0. The monoisotopic (exact) mass is 619 g/mol. The van der Waals surface area contributed by atoms with Gasteiger partial charge in [0.25, 0.3) is 0 Å². The van der Waals surface area contributed by atoms with Crippen molar-refractivity contribution in [3.05, 3.63) is 0 Å². The van der Waals surface area contributed by atoms with Gasteiger partial charge in [0.2, 0.25) is 0 Å². The summed E-state index contributed by atoms with van der Waals surface area (Å²) in [6, 6.07) is 0. The minimum atomic E-state index is -0.902. The number of carboxylic acids is 2. The number of carbonyl (C=O) groups is 2. The van der Waals surface area contributed by atoms with Crippen molar-refractivity contribution in [2.45, 2.75) is 232 Å². The van der Waals surface area contributed by atoms with Crippen LogP contribution in [0.5, 0.6) is 0 Å². The van der Waals surface area contributed by atoms with E-state index < -0.39 is 11.9 Å². The van der Waals surface area contributed by atoms with Crippen LogP contribution in [0.15, 0.2) is 0 Å². The maximum absolute atomic E-state index is 10.2. The molecule has 4 nitrogen and oxygen atoms in total. The molecule has 0 fully saturated rings. The fourth-order valence-electron chi connectivity index (χ4n) is 5.63. The van der Waals surface area contributed by atoms with Gasteiger partial charge in [-0.25, -0.2) is 0 Å². The van der Waals surface area contributed by atoms with Crippen LogP contribution in [-0.2, 0) is 9.59 Å². The van der Waals surface area contributed by atoms with Crippen molar-refractivity contribution < 1.29 is 19.8 Å². The molecule has 0 atom stereocenters. The fraction of sp³-hybridized carbons (Fsp3) is 0.947. The Morgan fingerprint density at radius 1 is 0.302 bits per heavy atom. The van der Waals surface area contributed by atoms with E-state index in [4.69, 9.17) is 0 Å². The van der Waals surface area contributed by atoms with Gasteiger partial charge in [-0.2, -0.15) is 0 Å². The van der Waals surface area contributed by atoms with Crippen LogP contribution < -0.4 is 10.2 Å². The molecule has 0 aliphatic heterocycles. The number of hydrogen-bond acceptors (Lipinski definition) is 4.